The highest BCUT2D eigenvalue weighted by Gasteiger charge is 2.13. The molecule has 1 heterocycles. The van der Waals surface area contributed by atoms with Crippen molar-refractivity contribution in [3.8, 4) is 0 Å². The van der Waals surface area contributed by atoms with Crippen LogP contribution in [-0.4, -0.2) is 18.9 Å². The van der Waals surface area contributed by atoms with E-state index in [0.29, 0.717) is 11.8 Å². The molecule has 90 valence electrons. The molecule has 0 aliphatic carbocycles. The largest absolute Gasteiger partial charge is 0.438 e. The molecule has 3 nitrogen and oxygen atoms in total. The molecule has 0 aliphatic heterocycles. The molecule has 0 saturated carbocycles. The first-order valence-electron chi connectivity index (χ1n) is 6.00. The molecule has 0 bridgehead atoms. The Morgan fingerprint density at radius 2 is 2.12 bits per heavy atom. The first-order valence-corrected chi connectivity index (χ1v) is 6.00. The minimum Gasteiger partial charge on any atom is -0.438 e. The lowest BCUT2D eigenvalue weighted by Crippen LogP contribution is -2.31. The summed E-state index contributed by atoms with van der Waals surface area (Å²) in [4.78, 5) is 12.8. The van der Waals surface area contributed by atoms with Crippen LogP contribution >= 0.6 is 0 Å². The molecule has 1 aromatic heterocycles. The van der Waals surface area contributed by atoms with Crippen molar-refractivity contribution in [1.82, 2.24) is 0 Å². The molecule has 3 heteroatoms. The SMILES string of the molecule is CCCCCN(c1ccc(C=O)o1)C(C)C. The zero-order valence-electron chi connectivity index (χ0n) is 10.4. The molecule has 1 rings (SSSR count). The predicted molar refractivity (Wildman–Crippen MR) is 66.1 cm³/mol. The molecule has 1 aromatic rings. The van der Waals surface area contributed by atoms with E-state index >= 15 is 0 Å². The Morgan fingerprint density at radius 3 is 2.62 bits per heavy atom. The van der Waals surface area contributed by atoms with Crippen LogP contribution in [0.15, 0.2) is 16.5 Å². The van der Waals surface area contributed by atoms with Crippen molar-refractivity contribution in [2.75, 3.05) is 11.4 Å². The van der Waals surface area contributed by atoms with Crippen molar-refractivity contribution in [3.63, 3.8) is 0 Å². The second-order valence-corrected chi connectivity index (χ2v) is 4.29. The van der Waals surface area contributed by atoms with Gasteiger partial charge in [-0.05, 0) is 26.3 Å². The second-order valence-electron chi connectivity index (χ2n) is 4.29. The number of carbonyl (C=O) groups is 1. The number of anilines is 1. The summed E-state index contributed by atoms with van der Waals surface area (Å²) in [7, 11) is 0. The summed E-state index contributed by atoms with van der Waals surface area (Å²) in [5.74, 6) is 1.20. The quantitative estimate of drug-likeness (QED) is 0.524. The van der Waals surface area contributed by atoms with E-state index in [4.69, 9.17) is 4.42 Å². The lowest BCUT2D eigenvalue weighted by Gasteiger charge is -2.26. The minimum absolute atomic E-state index is 0.391. The Balaban J connectivity index is 2.65. The Bertz CT molecular complexity index is 317. The summed E-state index contributed by atoms with van der Waals surface area (Å²) in [6, 6.07) is 3.98. The molecule has 0 amide bonds. The normalized spacial score (nSPS) is 10.8. The van der Waals surface area contributed by atoms with E-state index in [1.807, 2.05) is 6.07 Å². The molecule has 0 fully saturated rings. The van der Waals surface area contributed by atoms with E-state index in [-0.39, 0.29) is 0 Å². The molecule has 0 aromatic carbocycles. The van der Waals surface area contributed by atoms with Gasteiger partial charge in [0.15, 0.2) is 17.9 Å². The molecule has 0 N–H and O–H groups in total. The summed E-state index contributed by atoms with van der Waals surface area (Å²) in [6.45, 7) is 7.44. The summed E-state index contributed by atoms with van der Waals surface area (Å²) >= 11 is 0. The number of furan rings is 1. The van der Waals surface area contributed by atoms with Gasteiger partial charge in [-0.25, -0.2) is 0 Å². The van der Waals surface area contributed by atoms with Gasteiger partial charge in [0, 0.05) is 18.7 Å². The molecule has 0 saturated heterocycles. The van der Waals surface area contributed by atoms with Crippen LogP contribution in [0.5, 0.6) is 0 Å². The van der Waals surface area contributed by atoms with E-state index < -0.39 is 0 Å². The van der Waals surface area contributed by atoms with Gasteiger partial charge in [-0.2, -0.15) is 0 Å². The van der Waals surface area contributed by atoms with Gasteiger partial charge in [0.2, 0.25) is 0 Å². The van der Waals surface area contributed by atoms with Crippen LogP contribution in [0.4, 0.5) is 5.88 Å². The summed E-state index contributed by atoms with van der Waals surface area (Å²) < 4.78 is 5.44. The van der Waals surface area contributed by atoms with Crippen LogP contribution in [0, 0.1) is 0 Å². The van der Waals surface area contributed by atoms with Gasteiger partial charge in [-0.1, -0.05) is 19.8 Å². The second kappa shape index (κ2) is 6.36. The number of aldehydes is 1. The molecular formula is C13H21NO2. The molecule has 16 heavy (non-hydrogen) atoms. The van der Waals surface area contributed by atoms with Gasteiger partial charge in [0.1, 0.15) is 0 Å². The third kappa shape index (κ3) is 3.40. The van der Waals surface area contributed by atoms with Gasteiger partial charge in [-0.15, -0.1) is 0 Å². The van der Waals surface area contributed by atoms with E-state index in [2.05, 4.69) is 25.7 Å². The van der Waals surface area contributed by atoms with Gasteiger partial charge in [0.05, 0.1) is 0 Å². The van der Waals surface area contributed by atoms with Crippen LogP contribution in [0.1, 0.15) is 50.6 Å². The van der Waals surface area contributed by atoms with Crippen molar-refractivity contribution in [2.45, 2.75) is 46.1 Å². The number of hydrogen-bond acceptors (Lipinski definition) is 3. The predicted octanol–water partition coefficient (Wildman–Crippen LogP) is 3.50. The fourth-order valence-electron chi connectivity index (χ4n) is 1.71. The third-order valence-corrected chi connectivity index (χ3v) is 2.64. The maximum absolute atomic E-state index is 10.6. The zero-order chi connectivity index (χ0) is 12.0. The van der Waals surface area contributed by atoms with Gasteiger partial charge < -0.3 is 9.32 Å². The summed E-state index contributed by atoms with van der Waals surface area (Å²) in [5, 5.41) is 0. The van der Waals surface area contributed by atoms with E-state index in [9.17, 15) is 4.79 Å². The minimum atomic E-state index is 0.391. The Morgan fingerprint density at radius 1 is 1.38 bits per heavy atom. The van der Waals surface area contributed by atoms with Crippen LogP contribution in [0.2, 0.25) is 0 Å². The van der Waals surface area contributed by atoms with Crippen molar-refractivity contribution in [1.29, 1.82) is 0 Å². The van der Waals surface area contributed by atoms with Gasteiger partial charge in [-0.3, -0.25) is 4.79 Å². The van der Waals surface area contributed by atoms with Crippen LogP contribution in [-0.2, 0) is 0 Å². The number of nitrogens with zero attached hydrogens (tertiary/aromatic N) is 1. The monoisotopic (exact) mass is 223 g/mol. The van der Waals surface area contributed by atoms with Crippen molar-refractivity contribution >= 4 is 12.2 Å². The van der Waals surface area contributed by atoms with Gasteiger partial charge >= 0.3 is 0 Å². The van der Waals surface area contributed by atoms with Crippen LogP contribution in [0.3, 0.4) is 0 Å². The van der Waals surface area contributed by atoms with Crippen LogP contribution in [0.25, 0.3) is 0 Å². The molecule has 0 radical (unpaired) electrons. The van der Waals surface area contributed by atoms with E-state index in [1.165, 1.54) is 12.8 Å². The average molecular weight is 223 g/mol. The molecule has 0 spiro atoms. The number of unbranched alkanes of at least 4 members (excludes halogenated alkanes) is 2. The lowest BCUT2D eigenvalue weighted by atomic mass is 10.2. The Labute approximate surface area is 97.4 Å². The molecular weight excluding hydrogens is 202 g/mol. The fraction of sp³-hybridized carbons (Fsp3) is 0.615. The fourth-order valence-corrected chi connectivity index (χ4v) is 1.71. The van der Waals surface area contributed by atoms with Crippen LogP contribution < -0.4 is 4.90 Å². The van der Waals surface area contributed by atoms with E-state index in [0.717, 1.165) is 25.1 Å². The standard InChI is InChI=1S/C13H21NO2/c1-4-5-6-9-14(11(2)3)13-8-7-12(10-15)16-13/h7-8,10-11H,4-6,9H2,1-3H3. The first-order chi connectivity index (χ1) is 7.69. The smallest absolute Gasteiger partial charge is 0.196 e. The van der Waals surface area contributed by atoms with Crippen molar-refractivity contribution in [2.24, 2.45) is 0 Å². The Kier molecular flexibility index (Phi) is 5.09. The van der Waals surface area contributed by atoms with Gasteiger partial charge in [0.25, 0.3) is 0 Å². The number of carbonyl (C=O) groups excluding carboxylic acids is 1. The zero-order valence-corrected chi connectivity index (χ0v) is 10.4. The first kappa shape index (κ1) is 12.8. The molecule has 0 aliphatic rings. The highest BCUT2D eigenvalue weighted by molar-refractivity contribution is 5.71. The topological polar surface area (TPSA) is 33.5 Å². The highest BCUT2D eigenvalue weighted by atomic mass is 16.4. The third-order valence-electron chi connectivity index (χ3n) is 2.64. The number of hydrogen-bond donors (Lipinski definition) is 0. The highest BCUT2D eigenvalue weighted by Crippen LogP contribution is 2.20. The van der Waals surface area contributed by atoms with E-state index in [1.54, 1.807) is 6.07 Å². The number of rotatable bonds is 7. The van der Waals surface area contributed by atoms with Crippen molar-refractivity contribution in [3.05, 3.63) is 17.9 Å². The maximum atomic E-state index is 10.6. The lowest BCUT2D eigenvalue weighted by molar-refractivity contribution is 0.110. The summed E-state index contributed by atoms with van der Waals surface area (Å²) in [6.07, 6.45) is 4.34. The summed E-state index contributed by atoms with van der Waals surface area (Å²) in [5.41, 5.74) is 0. The molecule has 0 atom stereocenters. The molecule has 0 unspecified atom stereocenters. The van der Waals surface area contributed by atoms with Crippen molar-refractivity contribution < 1.29 is 9.21 Å². The maximum Gasteiger partial charge on any atom is 0.196 e. The average Bonchev–Trinajstić information content (AvgIpc) is 2.72. The Hall–Kier alpha value is -1.25.